The highest BCUT2D eigenvalue weighted by Gasteiger charge is 2.46. The van der Waals surface area contributed by atoms with Crippen LogP contribution in [0.25, 0.3) is 0 Å². The first kappa shape index (κ1) is 26.4. The number of halogens is 1. The van der Waals surface area contributed by atoms with E-state index in [0.29, 0.717) is 0 Å². The van der Waals surface area contributed by atoms with Crippen molar-refractivity contribution >= 4 is 40.4 Å². The SMILES string of the molecule is CC1(C)c2ccccc2N(c2ccccc2)c2ccc(C3(c4ccccc4)c4ccccc4Sc4ccc(Cl)cc43)cc21. The number of fused-ring (bicyclic) bond motifs is 4. The van der Waals surface area contributed by atoms with Crippen molar-refractivity contribution in [3.8, 4) is 0 Å². The van der Waals surface area contributed by atoms with Gasteiger partial charge in [-0.05, 0) is 81.9 Å². The van der Waals surface area contributed by atoms with Crippen LogP contribution in [0.3, 0.4) is 0 Å². The van der Waals surface area contributed by atoms with Crippen LogP contribution in [0, 0.1) is 0 Å². The molecule has 1 atom stereocenters. The summed E-state index contributed by atoms with van der Waals surface area (Å²) in [6.07, 6.45) is 0. The zero-order chi connectivity index (χ0) is 29.2. The molecule has 0 amide bonds. The Bertz CT molecular complexity index is 2000. The van der Waals surface area contributed by atoms with Gasteiger partial charge >= 0.3 is 0 Å². The van der Waals surface area contributed by atoms with Gasteiger partial charge in [0.1, 0.15) is 0 Å². The summed E-state index contributed by atoms with van der Waals surface area (Å²) in [7, 11) is 0. The molecule has 0 saturated heterocycles. The standard InChI is InChI=1S/C40H30ClNS/c1-39(2)31-17-9-11-19-35(31)42(30-15-7-4-8-16-30)36-23-21-28(25-33(36)39)40(27-13-5-3-6-14-27)32-18-10-12-20-37(32)43-38-24-22-29(41)26-34(38)40/h3-26H,1-2H3. The maximum Gasteiger partial charge on any atom is 0.0724 e. The number of anilines is 3. The van der Waals surface area contributed by atoms with E-state index in [-0.39, 0.29) is 5.41 Å². The largest absolute Gasteiger partial charge is 0.310 e. The molecule has 43 heavy (non-hydrogen) atoms. The maximum absolute atomic E-state index is 6.79. The average molecular weight is 592 g/mol. The Labute approximate surface area is 262 Å². The number of nitrogens with zero attached hydrogens (tertiary/aromatic N) is 1. The normalized spacial score (nSPS) is 17.8. The maximum atomic E-state index is 6.79. The smallest absolute Gasteiger partial charge is 0.0724 e. The molecule has 0 aromatic heterocycles. The van der Waals surface area contributed by atoms with Gasteiger partial charge in [0.2, 0.25) is 0 Å². The van der Waals surface area contributed by atoms with Crippen LogP contribution < -0.4 is 4.90 Å². The van der Waals surface area contributed by atoms with Crippen molar-refractivity contribution in [2.75, 3.05) is 4.90 Å². The topological polar surface area (TPSA) is 3.24 Å². The third-order valence-corrected chi connectivity index (χ3v) is 10.6. The third-order valence-electron chi connectivity index (χ3n) is 9.24. The lowest BCUT2D eigenvalue weighted by Gasteiger charge is -2.45. The molecule has 1 nitrogen and oxygen atoms in total. The Morgan fingerprint density at radius 2 is 1.14 bits per heavy atom. The second kappa shape index (κ2) is 9.91. The van der Waals surface area contributed by atoms with E-state index in [1.165, 1.54) is 54.5 Å². The summed E-state index contributed by atoms with van der Waals surface area (Å²) >= 11 is 8.63. The summed E-state index contributed by atoms with van der Waals surface area (Å²) < 4.78 is 0. The predicted octanol–water partition coefficient (Wildman–Crippen LogP) is 11.3. The molecule has 8 rings (SSSR count). The number of rotatable bonds is 3. The van der Waals surface area contributed by atoms with Crippen molar-refractivity contribution in [2.45, 2.75) is 34.5 Å². The monoisotopic (exact) mass is 591 g/mol. The van der Waals surface area contributed by atoms with Gasteiger partial charge < -0.3 is 4.90 Å². The molecule has 2 heterocycles. The van der Waals surface area contributed by atoms with E-state index in [1.54, 1.807) is 0 Å². The Hall–Kier alpha value is -4.24. The van der Waals surface area contributed by atoms with E-state index < -0.39 is 5.41 Å². The summed E-state index contributed by atoms with van der Waals surface area (Å²) in [5.74, 6) is 0. The van der Waals surface area contributed by atoms with Crippen LogP contribution >= 0.6 is 23.4 Å². The van der Waals surface area contributed by atoms with Crippen LogP contribution in [0.2, 0.25) is 5.02 Å². The molecule has 6 aromatic carbocycles. The van der Waals surface area contributed by atoms with Gasteiger partial charge in [0.05, 0.1) is 16.8 Å². The molecule has 3 heteroatoms. The Morgan fingerprint density at radius 3 is 1.93 bits per heavy atom. The molecule has 0 saturated carbocycles. The van der Waals surface area contributed by atoms with Crippen LogP contribution in [-0.2, 0) is 10.8 Å². The predicted molar refractivity (Wildman–Crippen MR) is 181 cm³/mol. The van der Waals surface area contributed by atoms with Gasteiger partial charge in [-0.1, -0.05) is 134 Å². The van der Waals surface area contributed by atoms with Crippen LogP contribution in [0.15, 0.2) is 155 Å². The highest BCUT2D eigenvalue weighted by atomic mass is 35.5. The number of hydrogen-bond donors (Lipinski definition) is 0. The van der Waals surface area contributed by atoms with Gasteiger partial charge in [0.15, 0.2) is 0 Å². The lowest BCUT2D eigenvalue weighted by molar-refractivity contribution is 0.625. The summed E-state index contributed by atoms with van der Waals surface area (Å²) in [6.45, 7) is 4.73. The summed E-state index contributed by atoms with van der Waals surface area (Å²) in [6, 6.07) is 52.9. The molecule has 0 N–H and O–H groups in total. The fourth-order valence-corrected chi connectivity index (χ4v) is 8.63. The van der Waals surface area contributed by atoms with Crippen LogP contribution in [0.1, 0.15) is 47.2 Å². The van der Waals surface area contributed by atoms with Crippen LogP contribution in [0.4, 0.5) is 17.1 Å². The van der Waals surface area contributed by atoms with Crippen molar-refractivity contribution in [1.82, 2.24) is 0 Å². The Balaban J connectivity index is 1.48. The zero-order valence-electron chi connectivity index (χ0n) is 24.1. The molecule has 208 valence electrons. The van der Waals surface area contributed by atoms with Gasteiger partial charge in [-0.15, -0.1) is 0 Å². The zero-order valence-corrected chi connectivity index (χ0v) is 25.7. The van der Waals surface area contributed by atoms with Crippen molar-refractivity contribution in [3.63, 3.8) is 0 Å². The highest BCUT2D eigenvalue weighted by molar-refractivity contribution is 7.99. The lowest BCUT2D eigenvalue weighted by atomic mass is 9.63. The summed E-state index contributed by atoms with van der Waals surface area (Å²) in [5, 5.41) is 0.751. The van der Waals surface area contributed by atoms with Crippen molar-refractivity contribution < 1.29 is 0 Å². The van der Waals surface area contributed by atoms with Gasteiger partial charge in [-0.2, -0.15) is 0 Å². The van der Waals surface area contributed by atoms with Gasteiger partial charge in [0.25, 0.3) is 0 Å². The van der Waals surface area contributed by atoms with Crippen molar-refractivity contribution in [3.05, 3.63) is 184 Å². The van der Waals surface area contributed by atoms with E-state index in [0.717, 1.165) is 10.7 Å². The van der Waals surface area contributed by atoms with E-state index in [1.807, 2.05) is 17.8 Å². The molecule has 0 aliphatic carbocycles. The molecule has 2 aliphatic rings. The quantitative estimate of drug-likeness (QED) is 0.201. The Morgan fingerprint density at radius 1 is 0.512 bits per heavy atom. The first-order chi connectivity index (χ1) is 21.0. The van der Waals surface area contributed by atoms with Gasteiger partial charge in [-0.3, -0.25) is 0 Å². The van der Waals surface area contributed by atoms with E-state index in [9.17, 15) is 0 Å². The molecule has 0 spiro atoms. The first-order valence-electron chi connectivity index (χ1n) is 14.7. The summed E-state index contributed by atoms with van der Waals surface area (Å²) in [5.41, 5.74) is 10.5. The number of benzene rings is 6. The minimum absolute atomic E-state index is 0.217. The lowest BCUT2D eigenvalue weighted by Crippen LogP contribution is -2.36. The fourth-order valence-electron chi connectivity index (χ4n) is 7.28. The third kappa shape index (κ3) is 3.87. The van der Waals surface area contributed by atoms with Gasteiger partial charge in [0, 0.05) is 25.9 Å². The number of para-hydroxylation sites is 2. The Kier molecular flexibility index (Phi) is 6.08. The summed E-state index contributed by atoms with van der Waals surface area (Å²) in [4.78, 5) is 4.93. The van der Waals surface area contributed by atoms with Crippen molar-refractivity contribution in [1.29, 1.82) is 0 Å². The minimum atomic E-state index is -0.539. The van der Waals surface area contributed by atoms with Crippen LogP contribution in [0.5, 0.6) is 0 Å². The van der Waals surface area contributed by atoms with E-state index in [4.69, 9.17) is 11.6 Å². The highest BCUT2D eigenvalue weighted by Crippen LogP contribution is 2.58. The first-order valence-corrected chi connectivity index (χ1v) is 15.9. The molecule has 1 unspecified atom stereocenters. The molecule has 2 aliphatic heterocycles. The van der Waals surface area contributed by atoms with Crippen molar-refractivity contribution in [2.24, 2.45) is 0 Å². The molecular formula is C40H30ClNS. The molecular weight excluding hydrogens is 562 g/mol. The molecule has 6 aromatic rings. The minimum Gasteiger partial charge on any atom is -0.310 e. The van der Waals surface area contributed by atoms with E-state index >= 15 is 0 Å². The molecule has 0 fully saturated rings. The van der Waals surface area contributed by atoms with Crippen LogP contribution in [-0.4, -0.2) is 0 Å². The fraction of sp³-hybridized carbons (Fsp3) is 0.100. The second-order valence-electron chi connectivity index (χ2n) is 11.9. The second-order valence-corrected chi connectivity index (χ2v) is 13.4. The number of hydrogen-bond acceptors (Lipinski definition) is 2. The molecule has 0 bridgehead atoms. The van der Waals surface area contributed by atoms with Gasteiger partial charge in [-0.25, -0.2) is 0 Å². The van der Waals surface area contributed by atoms with E-state index in [2.05, 4.69) is 158 Å². The average Bonchev–Trinajstić information content (AvgIpc) is 3.05. The molecule has 0 radical (unpaired) electrons.